The average Bonchev–Trinajstić information content (AvgIpc) is 2.64. The number of benzene rings is 1. The van der Waals surface area contributed by atoms with Crippen molar-refractivity contribution in [2.24, 2.45) is 5.92 Å². The fraction of sp³-hybridized carbons (Fsp3) is 0.571. The van der Waals surface area contributed by atoms with E-state index in [1.807, 2.05) is 33.8 Å². The van der Waals surface area contributed by atoms with Crippen molar-refractivity contribution < 1.29 is 19.1 Å². The highest BCUT2D eigenvalue weighted by Gasteiger charge is 2.31. The molecular weight excluding hydrogens is 358 g/mol. The van der Waals surface area contributed by atoms with Crippen molar-refractivity contribution >= 4 is 23.6 Å². The van der Waals surface area contributed by atoms with Crippen molar-refractivity contribution in [2.75, 3.05) is 11.9 Å². The molecule has 1 aliphatic heterocycles. The molecule has 0 aliphatic carbocycles. The van der Waals surface area contributed by atoms with E-state index in [1.54, 1.807) is 29.2 Å². The summed E-state index contributed by atoms with van der Waals surface area (Å²) in [5, 5.41) is 5.31. The second kappa shape index (κ2) is 10.1. The number of para-hydroxylation sites is 1. The number of rotatable bonds is 6. The molecule has 3 amide bonds. The van der Waals surface area contributed by atoms with Gasteiger partial charge >= 0.3 is 12.0 Å². The number of urea groups is 1. The predicted molar refractivity (Wildman–Crippen MR) is 108 cm³/mol. The van der Waals surface area contributed by atoms with Gasteiger partial charge in [-0.3, -0.25) is 4.79 Å². The molecule has 7 heteroatoms. The van der Waals surface area contributed by atoms with Crippen molar-refractivity contribution in [3.8, 4) is 0 Å². The number of carbonyl (C=O) groups is 3. The Morgan fingerprint density at radius 1 is 1.11 bits per heavy atom. The fourth-order valence-electron chi connectivity index (χ4n) is 3.54. The summed E-state index contributed by atoms with van der Waals surface area (Å²) in [7, 11) is 0. The molecule has 0 radical (unpaired) electrons. The summed E-state index contributed by atoms with van der Waals surface area (Å²) in [6, 6.07) is 7.91. The number of hydrogen-bond donors (Lipinski definition) is 2. The summed E-state index contributed by atoms with van der Waals surface area (Å²) in [6.45, 7) is 7.35. The van der Waals surface area contributed by atoms with Crippen molar-refractivity contribution in [1.29, 1.82) is 0 Å². The first-order valence-electron chi connectivity index (χ1n) is 9.90. The lowest BCUT2D eigenvalue weighted by Gasteiger charge is -2.39. The Labute approximate surface area is 166 Å². The SMILES string of the molecule is CC(C)[C@@H](NC(=O)Nc1ccccc1)C(=O)OCC(=O)N1[C@H](C)CCC[C@@H]1C. The van der Waals surface area contributed by atoms with Crippen LogP contribution in [0.5, 0.6) is 0 Å². The van der Waals surface area contributed by atoms with Crippen molar-refractivity contribution in [3.05, 3.63) is 30.3 Å². The largest absolute Gasteiger partial charge is 0.454 e. The Morgan fingerprint density at radius 2 is 1.71 bits per heavy atom. The van der Waals surface area contributed by atoms with Gasteiger partial charge in [-0.25, -0.2) is 9.59 Å². The van der Waals surface area contributed by atoms with Gasteiger partial charge in [0, 0.05) is 17.8 Å². The number of nitrogens with zero attached hydrogens (tertiary/aromatic N) is 1. The standard InChI is InChI=1S/C21H31N3O4/c1-14(2)19(23-21(27)22-17-11-6-5-7-12-17)20(26)28-13-18(25)24-15(3)9-8-10-16(24)4/h5-7,11-12,14-16,19H,8-10,13H2,1-4H3,(H2,22,23,27)/t15-,16+,19-/m1/s1. The highest BCUT2D eigenvalue weighted by atomic mass is 16.5. The molecule has 0 bridgehead atoms. The quantitative estimate of drug-likeness (QED) is 0.732. The molecule has 1 saturated heterocycles. The van der Waals surface area contributed by atoms with Crippen LogP contribution in [0.25, 0.3) is 0 Å². The molecule has 0 unspecified atom stereocenters. The molecule has 0 saturated carbocycles. The zero-order valence-electron chi connectivity index (χ0n) is 17.1. The zero-order valence-corrected chi connectivity index (χ0v) is 17.1. The molecule has 1 aromatic rings. The molecule has 1 aromatic carbocycles. The third-order valence-corrected chi connectivity index (χ3v) is 5.06. The monoisotopic (exact) mass is 389 g/mol. The third-order valence-electron chi connectivity index (χ3n) is 5.06. The molecular formula is C21H31N3O4. The lowest BCUT2D eigenvalue weighted by Crippen LogP contribution is -2.50. The first-order valence-corrected chi connectivity index (χ1v) is 9.90. The summed E-state index contributed by atoms with van der Waals surface area (Å²) < 4.78 is 5.26. The van der Waals surface area contributed by atoms with E-state index in [0.717, 1.165) is 19.3 Å². The summed E-state index contributed by atoms with van der Waals surface area (Å²) in [6.07, 6.45) is 3.02. The van der Waals surface area contributed by atoms with Crippen LogP contribution >= 0.6 is 0 Å². The van der Waals surface area contributed by atoms with Gasteiger partial charge in [0.05, 0.1) is 0 Å². The van der Waals surface area contributed by atoms with E-state index in [1.165, 1.54) is 0 Å². The number of esters is 1. The zero-order chi connectivity index (χ0) is 20.7. The van der Waals surface area contributed by atoms with Crippen LogP contribution in [0.1, 0.15) is 47.0 Å². The molecule has 7 nitrogen and oxygen atoms in total. The number of ether oxygens (including phenoxy) is 1. The maximum absolute atomic E-state index is 12.5. The van der Waals surface area contributed by atoms with Crippen LogP contribution in [-0.2, 0) is 14.3 Å². The van der Waals surface area contributed by atoms with Gasteiger partial charge in [-0.05, 0) is 51.2 Å². The maximum Gasteiger partial charge on any atom is 0.329 e. The van der Waals surface area contributed by atoms with Crippen LogP contribution in [-0.4, -0.2) is 47.5 Å². The maximum atomic E-state index is 12.5. The van der Waals surface area contributed by atoms with Crippen LogP contribution in [0, 0.1) is 5.92 Å². The number of hydrogen-bond acceptors (Lipinski definition) is 4. The summed E-state index contributed by atoms with van der Waals surface area (Å²) in [4.78, 5) is 39.0. The van der Waals surface area contributed by atoms with Gasteiger partial charge in [-0.15, -0.1) is 0 Å². The van der Waals surface area contributed by atoms with Gasteiger partial charge in [0.15, 0.2) is 6.61 Å². The van der Waals surface area contributed by atoms with E-state index >= 15 is 0 Å². The van der Waals surface area contributed by atoms with E-state index < -0.39 is 18.0 Å². The molecule has 3 atom stereocenters. The number of piperidine rings is 1. The number of nitrogens with one attached hydrogen (secondary N) is 2. The Balaban J connectivity index is 1.89. The predicted octanol–water partition coefficient (Wildman–Crippen LogP) is 3.17. The molecule has 2 N–H and O–H groups in total. The number of likely N-dealkylation sites (tertiary alicyclic amines) is 1. The van der Waals surface area contributed by atoms with Crippen LogP contribution < -0.4 is 10.6 Å². The first kappa shape index (κ1) is 21.7. The van der Waals surface area contributed by atoms with E-state index in [0.29, 0.717) is 5.69 Å². The molecule has 1 aliphatic rings. The molecule has 154 valence electrons. The molecule has 1 heterocycles. The Morgan fingerprint density at radius 3 is 2.29 bits per heavy atom. The minimum Gasteiger partial charge on any atom is -0.454 e. The van der Waals surface area contributed by atoms with Gasteiger partial charge in [-0.2, -0.15) is 0 Å². The smallest absolute Gasteiger partial charge is 0.329 e. The van der Waals surface area contributed by atoms with Gasteiger partial charge in [0.1, 0.15) is 6.04 Å². The van der Waals surface area contributed by atoms with Crippen molar-refractivity contribution in [3.63, 3.8) is 0 Å². The fourth-order valence-corrected chi connectivity index (χ4v) is 3.54. The molecule has 0 spiro atoms. The van der Waals surface area contributed by atoms with E-state index in [4.69, 9.17) is 4.74 Å². The lowest BCUT2D eigenvalue weighted by molar-refractivity contribution is -0.156. The molecule has 1 fully saturated rings. The average molecular weight is 389 g/mol. The van der Waals surface area contributed by atoms with Gasteiger partial charge in [0.25, 0.3) is 5.91 Å². The van der Waals surface area contributed by atoms with Crippen molar-refractivity contribution in [1.82, 2.24) is 10.2 Å². The van der Waals surface area contributed by atoms with E-state index in [-0.39, 0.29) is 30.5 Å². The highest BCUT2D eigenvalue weighted by molar-refractivity contribution is 5.93. The second-order valence-corrected chi connectivity index (χ2v) is 7.72. The Kier molecular flexibility index (Phi) is 7.84. The number of carbonyl (C=O) groups excluding carboxylic acids is 3. The minimum atomic E-state index is -0.840. The molecule has 0 aromatic heterocycles. The van der Waals surface area contributed by atoms with Crippen molar-refractivity contribution in [2.45, 2.75) is 65.1 Å². The lowest BCUT2D eigenvalue weighted by atomic mass is 9.97. The minimum absolute atomic E-state index is 0.144. The van der Waals surface area contributed by atoms with Crippen LogP contribution in [0.15, 0.2) is 30.3 Å². The number of amides is 3. The Bertz CT molecular complexity index is 667. The summed E-state index contributed by atoms with van der Waals surface area (Å²) in [5.41, 5.74) is 0.624. The normalized spacial score (nSPS) is 20.4. The summed E-state index contributed by atoms with van der Waals surface area (Å²) >= 11 is 0. The van der Waals surface area contributed by atoms with Gasteiger partial charge in [-0.1, -0.05) is 32.0 Å². The molecule has 2 rings (SSSR count). The van der Waals surface area contributed by atoms with Crippen LogP contribution in [0.2, 0.25) is 0 Å². The van der Waals surface area contributed by atoms with E-state index in [9.17, 15) is 14.4 Å². The van der Waals surface area contributed by atoms with Crippen LogP contribution in [0.3, 0.4) is 0 Å². The second-order valence-electron chi connectivity index (χ2n) is 7.72. The first-order chi connectivity index (χ1) is 13.3. The van der Waals surface area contributed by atoms with Gasteiger partial charge < -0.3 is 20.3 Å². The topological polar surface area (TPSA) is 87.7 Å². The molecule has 28 heavy (non-hydrogen) atoms. The summed E-state index contributed by atoms with van der Waals surface area (Å²) in [5.74, 6) is -0.981. The third kappa shape index (κ3) is 5.97. The van der Waals surface area contributed by atoms with E-state index in [2.05, 4.69) is 10.6 Å². The highest BCUT2D eigenvalue weighted by Crippen LogP contribution is 2.22. The van der Waals surface area contributed by atoms with Gasteiger partial charge in [0.2, 0.25) is 0 Å². The number of anilines is 1. The Hall–Kier alpha value is -2.57. The van der Waals surface area contributed by atoms with Crippen LogP contribution in [0.4, 0.5) is 10.5 Å².